The van der Waals surface area contributed by atoms with Crippen LogP contribution in [0.3, 0.4) is 0 Å². The highest BCUT2D eigenvalue weighted by Gasteiger charge is 2.12. The third kappa shape index (κ3) is 3.56. The summed E-state index contributed by atoms with van der Waals surface area (Å²) in [6, 6.07) is 9.93. The maximum absolute atomic E-state index is 5.84. The summed E-state index contributed by atoms with van der Waals surface area (Å²) in [6.45, 7) is 4.39. The Labute approximate surface area is 130 Å². The third-order valence-electron chi connectivity index (χ3n) is 3.16. The molecule has 2 aromatic rings. The predicted molar refractivity (Wildman–Crippen MR) is 90.0 cm³/mol. The smallest absolute Gasteiger partial charge is 0.107 e. The molecule has 0 aliphatic carbocycles. The van der Waals surface area contributed by atoms with Crippen molar-refractivity contribution in [1.29, 1.82) is 0 Å². The van der Waals surface area contributed by atoms with Gasteiger partial charge in [-0.2, -0.15) is 0 Å². The van der Waals surface area contributed by atoms with Crippen LogP contribution in [0.15, 0.2) is 30.3 Å². The van der Waals surface area contributed by atoms with E-state index >= 15 is 0 Å². The summed E-state index contributed by atoms with van der Waals surface area (Å²) >= 11 is 5.15. The Morgan fingerprint density at radius 2 is 2.00 bits per heavy atom. The summed E-state index contributed by atoms with van der Waals surface area (Å²) in [5.41, 5.74) is 11.3. The number of benzene rings is 1. The van der Waals surface area contributed by atoms with Crippen LogP contribution in [0.5, 0.6) is 0 Å². The minimum absolute atomic E-state index is 0.340. The number of nitrogens with one attached hydrogen (secondary N) is 1. The molecule has 21 heavy (non-hydrogen) atoms. The largest absolute Gasteiger partial charge is 0.389 e. The highest BCUT2D eigenvalue weighted by molar-refractivity contribution is 7.80. The molecule has 0 saturated carbocycles. The van der Waals surface area contributed by atoms with Gasteiger partial charge in [0.15, 0.2) is 0 Å². The van der Waals surface area contributed by atoms with Gasteiger partial charge in [0.2, 0.25) is 0 Å². The first kappa shape index (κ1) is 15.4. The van der Waals surface area contributed by atoms with Gasteiger partial charge in [-0.05, 0) is 26.0 Å². The van der Waals surface area contributed by atoms with E-state index in [0.717, 1.165) is 33.9 Å². The Kier molecular flexibility index (Phi) is 4.88. The minimum Gasteiger partial charge on any atom is -0.389 e. The number of para-hydroxylation sites is 1. The number of pyridine rings is 1. The van der Waals surface area contributed by atoms with Crippen molar-refractivity contribution in [2.75, 3.05) is 12.4 Å². The third-order valence-corrected chi connectivity index (χ3v) is 3.37. The van der Waals surface area contributed by atoms with Crippen LogP contribution in [0.2, 0.25) is 0 Å². The fraction of sp³-hybridized carbons (Fsp3) is 0.250. The Balaban J connectivity index is 2.47. The highest BCUT2D eigenvalue weighted by atomic mass is 32.1. The van der Waals surface area contributed by atoms with Crippen LogP contribution in [0.25, 0.3) is 0 Å². The van der Waals surface area contributed by atoms with Crippen molar-refractivity contribution in [1.82, 2.24) is 4.98 Å². The van der Waals surface area contributed by atoms with E-state index in [-0.39, 0.29) is 0 Å². The molecular formula is C16H19N3OS. The molecule has 110 valence electrons. The maximum atomic E-state index is 5.84. The monoisotopic (exact) mass is 301 g/mol. The summed E-state index contributed by atoms with van der Waals surface area (Å²) in [7, 11) is 1.68. The van der Waals surface area contributed by atoms with Gasteiger partial charge in [-0.15, -0.1) is 0 Å². The second-order valence-electron chi connectivity index (χ2n) is 4.85. The normalized spacial score (nSPS) is 10.4. The summed E-state index contributed by atoms with van der Waals surface area (Å²) in [4.78, 5) is 4.76. The summed E-state index contributed by atoms with van der Waals surface area (Å²) < 4.78 is 5.23. The molecule has 4 nitrogen and oxygen atoms in total. The molecule has 0 aliphatic rings. The average Bonchev–Trinajstić information content (AvgIpc) is 2.40. The summed E-state index contributed by atoms with van der Waals surface area (Å²) in [5, 5.41) is 3.40. The Morgan fingerprint density at radius 3 is 2.67 bits per heavy atom. The number of anilines is 2. The van der Waals surface area contributed by atoms with Crippen LogP contribution in [-0.4, -0.2) is 17.1 Å². The molecule has 0 spiro atoms. The molecule has 0 radical (unpaired) electrons. The van der Waals surface area contributed by atoms with Gasteiger partial charge >= 0.3 is 0 Å². The van der Waals surface area contributed by atoms with Gasteiger partial charge in [-0.1, -0.05) is 30.4 Å². The molecule has 0 bridgehead atoms. The molecule has 2 rings (SSSR count). The fourth-order valence-corrected chi connectivity index (χ4v) is 2.56. The second kappa shape index (κ2) is 6.65. The van der Waals surface area contributed by atoms with E-state index < -0.39 is 0 Å². The van der Waals surface area contributed by atoms with Crippen molar-refractivity contribution in [3.63, 3.8) is 0 Å². The number of hydrogen-bond acceptors (Lipinski definition) is 4. The van der Waals surface area contributed by atoms with E-state index in [2.05, 4.69) is 10.3 Å². The van der Waals surface area contributed by atoms with Crippen molar-refractivity contribution >= 4 is 28.6 Å². The first-order valence-corrected chi connectivity index (χ1v) is 7.05. The van der Waals surface area contributed by atoms with E-state index in [1.54, 1.807) is 7.11 Å². The van der Waals surface area contributed by atoms with Crippen LogP contribution in [0.1, 0.15) is 22.5 Å². The number of methoxy groups -OCH3 is 1. The van der Waals surface area contributed by atoms with Crippen LogP contribution in [-0.2, 0) is 11.3 Å². The molecule has 0 unspecified atom stereocenters. The Bertz CT molecular complexity index is 671. The van der Waals surface area contributed by atoms with E-state index in [0.29, 0.717) is 11.6 Å². The number of nitrogens with zero attached hydrogens (tertiary/aromatic N) is 1. The lowest BCUT2D eigenvalue weighted by Crippen LogP contribution is -2.15. The molecule has 0 aliphatic heterocycles. The van der Waals surface area contributed by atoms with Gasteiger partial charge in [0.1, 0.15) is 4.99 Å². The van der Waals surface area contributed by atoms with E-state index in [9.17, 15) is 0 Å². The van der Waals surface area contributed by atoms with Crippen molar-refractivity contribution < 1.29 is 4.74 Å². The van der Waals surface area contributed by atoms with Crippen LogP contribution in [0, 0.1) is 13.8 Å². The van der Waals surface area contributed by atoms with Gasteiger partial charge in [0.25, 0.3) is 0 Å². The lowest BCUT2D eigenvalue weighted by Gasteiger charge is -2.16. The van der Waals surface area contributed by atoms with Crippen molar-refractivity contribution in [2.24, 2.45) is 5.73 Å². The molecule has 5 heteroatoms. The molecule has 0 fully saturated rings. The number of aryl methyl sites for hydroxylation is 2. The molecule has 1 heterocycles. The predicted octanol–water partition coefficient (Wildman–Crippen LogP) is 3.22. The topological polar surface area (TPSA) is 60.2 Å². The Hall–Kier alpha value is -1.98. The first-order chi connectivity index (χ1) is 10.0. The van der Waals surface area contributed by atoms with Crippen LogP contribution >= 0.6 is 12.2 Å². The maximum Gasteiger partial charge on any atom is 0.107 e. The molecule has 1 aromatic carbocycles. The van der Waals surface area contributed by atoms with Crippen molar-refractivity contribution in [2.45, 2.75) is 20.5 Å². The second-order valence-corrected chi connectivity index (χ2v) is 5.29. The standard InChI is InChI=1S/C16H19N3OS/c1-10-8-14(15(16(17)21)11(2)18-10)19-13-7-5-4-6-12(13)9-20-3/h4-8H,9H2,1-3H3,(H2,17,21)(H,18,19). The van der Waals surface area contributed by atoms with Gasteiger partial charge in [-0.25, -0.2) is 0 Å². The van der Waals surface area contributed by atoms with Gasteiger partial charge in [0.05, 0.1) is 17.9 Å². The van der Waals surface area contributed by atoms with Gasteiger partial charge in [0, 0.05) is 29.7 Å². The number of aromatic nitrogens is 1. The van der Waals surface area contributed by atoms with E-state index in [4.69, 9.17) is 22.7 Å². The quantitative estimate of drug-likeness (QED) is 0.830. The Morgan fingerprint density at radius 1 is 1.29 bits per heavy atom. The number of ether oxygens (including phenoxy) is 1. The average molecular weight is 301 g/mol. The van der Waals surface area contributed by atoms with Gasteiger partial charge in [-0.3, -0.25) is 4.98 Å². The zero-order valence-corrected chi connectivity index (χ0v) is 13.3. The number of hydrogen-bond donors (Lipinski definition) is 2. The molecular weight excluding hydrogens is 282 g/mol. The molecule has 0 atom stereocenters. The lowest BCUT2D eigenvalue weighted by molar-refractivity contribution is 0.185. The summed E-state index contributed by atoms with van der Waals surface area (Å²) in [6.07, 6.45) is 0. The molecule has 3 N–H and O–H groups in total. The number of thiocarbonyl (C=S) groups is 1. The first-order valence-electron chi connectivity index (χ1n) is 6.65. The van der Waals surface area contributed by atoms with E-state index in [1.807, 2.05) is 44.2 Å². The summed E-state index contributed by atoms with van der Waals surface area (Å²) in [5.74, 6) is 0. The SMILES string of the molecule is COCc1ccccc1Nc1cc(C)nc(C)c1C(N)=S. The van der Waals surface area contributed by atoms with Crippen molar-refractivity contribution in [3.05, 3.63) is 52.8 Å². The van der Waals surface area contributed by atoms with Gasteiger partial charge < -0.3 is 15.8 Å². The lowest BCUT2D eigenvalue weighted by atomic mass is 10.1. The minimum atomic E-state index is 0.340. The van der Waals surface area contributed by atoms with Crippen LogP contribution < -0.4 is 11.1 Å². The number of rotatable bonds is 5. The fourth-order valence-electron chi connectivity index (χ4n) is 2.31. The molecule has 1 aromatic heterocycles. The van der Waals surface area contributed by atoms with Crippen molar-refractivity contribution in [3.8, 4) is 0 Å². The zero-order valence-electron chi connectivity index (χ0n) is 12.4. The molecule has 0 amide bonds. The van der Waals surface area contributed by atoms with E-state index in [1.165, 1.54) is 0 Å². The van der Waals surface area contributed by atoms with Crippen LogP contribution in [0.4, 0.5) is 11.4 Å². The molecule has 0 saturated heterocycles. The number of nitrogens with two attached hydrogens (primary N) is 1. The zero-order chi connectivity index (χ0) is 15.4. The highest BCUT2D eigenvalue weighted by Crippen LogP contribution is 2.26.